The smallest absolute Gasteiger partial charge is 0.343 e. The Balaban J connectivity index is 2.16. The molecule has 1 heterocycles. The van der Waals surface area contributed by atoms with Gasteiger partial charge in [0.25, 0.3) is 0 Å². The third-order valence-corrected chi connectivity index (χ3v) is 5.96. The number of nitrogens with zero attached hydrogens (tertiary/aromatic N) is 3. The van der Waals surface area contributed by atoms with Crippen LogP contribution in [0.15, 0.2) is 30.3 Å². The van der Waals surface area contributed by atoms with Gasteiger partial charge in [-0.1, -0.05) is 17.7 Å². The number of methoxy groups -OCH3 is 5. The van der Waals surface area contributed by atoms with Crippen molar-refractivity contribution in [2.24, 2.45) is 0 Å². The second kappa shape index (κ2) is 13.7. The Bertz CT molecular complexity index is 1280. The van der Waals surface area contributed by atoms with Gasteiger partial charge in [-0.15, -0.1) is 0 Å². The van der Waals surface area contributed by atoms with Gasteiger partial charge in [0.15, 0.2) is 11.5 Å². The summed E-state index contributed by atoms with van der Waals surface area (Å²) in [4.78, 5) is 24.2. The number of ether oxygens (including phenoxy) is 6. The molecule has 3 aromatic rings. The zero-order chi connectivity index (χ0) is 28.5. The maximum absolute atomic E-state index is 13.1. The predicted octanol–water partition coefficient (Wildman–Crippen LogP) is 4.17. The summed E-state index contributed by atoms with van der Waals surface area (Å²) in [6, 6.07) is 8.83. The van der Waals surface area contributed by atoms with Crippen molar-refractivity contribution in [2.75, 3.05) is 68.1 Å². The number of anilines is 1. The summed E-state index contributed by atoms with van der Waals surface area (Å²) in [5.74, 6) is 1.30. The molecule has 0 aliphatic heterocycles. The fraction of sp³-hybridized carbons (Fsp3) is 0.370. The monoisotopic (exact) mass is 560 g/mol. The highest BCUT2D eigenvalue weighted by molar-refractivity contribution is 6.32. The Morgan fingerprint density at radius 1 is 0.923 bits per heavy atom. The van der Waals surface area contributed by atoms with Crippen molar-refractivity contribution in [1.82, 2.24) is 14.9 Å². The van der Waals surface area contributed by atoms with Gasteiger partial charge in [0, 0.05) is 18.7 Å². The molecule has 39 heavy (non-hydrogen) atoms. The van der Waals surface area contributed by atoms with E-state index >= 15 is 0 Å². The van der Waals surface area contributed by atoms with Crippen molar-refractivity contribution in [3.05, 3.63) is 46.5 Å². The maximum atomic E-state index is 13.1. The van der Waals surface area contributed by atoms with Crippen molar-refractivity contribution in [3.8, 4) is 40.3 Å². The molecule has 0 amide bonds. The number of carbonyl (C=O) groups is 1. The summed E-state index contributed by atoms with van der Waals surface area (Å²) in [5, 5.41) is 3.67. The fourth-order valence-electron chi connectivity index (χ4n) is 3.68. The van der Waals surface area contributed by atoms with Crippen LogP contribution in [0.3, 0.4) is 0 Å². The zero-order valence-electron chi connectivity index (χ0n) is 23.1. The van der Waals surface area contributed by atoms with Crippen LogP contribution in [0.4, 0.5) is 5.82 Å². The summed E-state index contributed by atoms with van der Waals surface area (Å²) >= 11 is 6.30. The predicted molar refractivity (Wildman–Crippen MR) is 148 cm³/mol. The minimum atomic E-state index is -0.645. The molecule has 1 N–H and O–H groups in total. The molecule has 0 aliphatic rings. The van der Waals surface area contributed by atoms with Crippen LogP contribution in [0, 0.1) is 0 Å². The van der Waals surface area contributed by atoms with Crippen LogP contribution in [-0.2, 0) is 11.3 Å². The molecular formula is C27H33ClN4O7. The van der Waals surface area contributed by atoms with Crippen LogP contribution in [0.2, 0.25) is 5.02 Å². The summed E-state index contributed by atoms with van der Waals surface area (Å²) < 4.78 is 32.7. The van der Waals surface area contributed by atoms with Crippen molar-refractivity contribution < 1.29 is 33.2 Å². The van der Waals surface area contributed by atoms with E-state index in [2.05, 4.69) is 15.3 Å². The average Bonchev–Trinajstić information content (AvgIpc) is 2.94. The molecular weight excluding hydrogens is 528 g/mol. The van der Waals surface area contributed by atoms with E-state index in [4.69, 9.17) is 40.0 Å². The number of aromatic nitrogens is 2. The van der Waals surface area contributed by atoms with Gasteiger partial charge in [0.1, 0.15) is 23.7 Å². The molecule has 2 aromatic carbocycles. The Morgan fingerprint density at radius 2 is 1.59 bits per heavy atom. The molecule has 0 atom stereocenters. The molecule has 210 valence electrons. The molecule has 0 saturated heterocycles. The normalized spacial score (nSPS) is 10.7. The van der Waals surface area contributed by atoms with Gasteiger partial charge in [0.2, 0.25) is 5.75 Å². The molecule has 0 fully saturated rings. The number of benzene rings is 2. The first-order chi connectivity index (χ1) is 18.8. The lowest BCUT2D eigenvalue weighted by Crippen LogP contribution is -2.21. The molecule has 12 heteroatoms. The Hall–Kier alpha value is -3.96. The highest BCUT2D eigenvalue weighted by Crippen LogP contribution is 2.42. The number of hydrogen-bond acceptors (Lipinski definition) is 11. The number of esters is 1. The zero-order valence-corrected chi connectivity index (χ0v) is 23.8. The molecule has 0 unspecified atom stereocenters. The maximum Gasteiger partial charge on any atom is 0.343 e. The summed E-state index contributed by atoms with van der Waals surface area (Å²) in [5.41, 5.74) is 1.69. The first-order valence-electron chi connectivity index (χ1n) is 11.9. The molecule has 0 radical (unpaired) electrons. The van der Waals surface area contributed by atoms with Gasteiger partial charge in [0.05, 0.1) is 46.3 Å². The van der Waals surface area contributed by atoms with Crippen LogP contribution >= 0.6 is 11.6 Å². The lowest BCUT2D eigenvalue weighted by Gasteiger charge is -2.18. The van der Waals surface area contributed by atoms with E-state index in [9.17, 15) is 4.79 Å². The standard InChI is InChI=1S/C27H33ClN4O7/c1-32(2)10-11-39-27-30-23(17-13-20(35-4)24(37-6)21(14-17)36-5)22(26(33)38-7)25(31-27)29-15-16-8-9-19(34-3)18(28)12-16/h8-9,12-14H,10-11,15H2,1-7H3,(H,29,30,31). The minimum Gasteiger partial charge on any atom is -0.495 e. The lowest BCUT2D eigenvalue weighted by molar-refractivity contribution is 0.0601. The second-order valence-electron chi connectivity index (χ2n) is 8.46. The van der Waals surface area contributed by atoms with Crippen molar-refractivity contribution in [3.63, 3.8) is 0 Å². The van der Waals surface area contributed by atoms with Gasteiger partial charge in [-0.3, -0.25) is 0 Å². The van der Waals surface area contributed by atoms with Crippen molar-refractivity contribution >= 4 is 23.4 Å². The first kappa shape index (κ1) is 29.6. The number of likely N-dealkylation sites (N-methyl/N-ethyl adjacent to an activating group) is 1. The van der Waals surface area contributed by atoms with Crippen LogP contribution < -0.4 is 29.0 Å². The van der Waals surface area contributed by atoms with Gasteiger partial charge >= 0.3 is 12.0 Å². The van der Waals surface area contributed by atoms with Crippen LogP contribution in [0.1, 0.15) is 15.9 Å². The molecule has 0 saturated carbocycles. The summed E-state index contributed by atoms with van der Waals surface area (Å²) in [6.45, 7) is 1.25. The quantitative estimate of drug-likeness (QED) is 0.304. The summed E-state index contributed by atoms with van der Waals surface area (Å²) in [6.07, 6.45) is 0. The van der Waals surface area contributed by atoms with Gasteiger partial charge < -0.3 is 38.6 Å². The van der Waals surface area contributed by atoms with Crippen molar-refractivity contribution in [2.45, 2.75) is 6.54 Å². The average molecular weight is 561 g/mol. The Morgan fingerprint density at radius 3 is 2.13 bits per heavy atom. The van der Waals surface area contributed by atoms with E-state index in [0.29, 0.717) is 46.7 Å². The number of rotatable bonds is 13. The van der Waals surface area contributed by atoms with Gasteiger partial charge in [-0.05, 0) is 43.9 Å². The topological polar surface area (TPSA) is 114 Å². The van der Waals surface area contributed by atoms with E-state index in [1.165, 1.54) is 28.4 Å². The van der Waals surface area contributed by atoms with E-state index in [1.54, 1.807) is 31.4 Å². The largest absolute Gasteiger partial charge is 0.495 e. The van der Waals surface area contributed by atoms with Crippen LogP contribution in [0.25, 0.3) is 11.3 Å². The lowest BCUT2D eigenvalue weighted by atomic mass is 10.0. The van der Waals surface area contributed by atoms with Gasteiger partial charge in [-0.25, -0.2) is 4.79 Å². The molecule has 0 aliphatic carbocycles. The number of hydrogen-bond donors (Lipinski definition) is 1. The SMILES string of the molecule is COC(=O)c1c(NCc2ccc(OC)c(Cl)c2)nc(OCCN(C)C)nc1-c1cc(OC)c(OC)c(OC)c1. The first-order valence-corrected chi connectivity index (χ1v) is 12.3. The molecule has 0 spiro atoms. The minimum absolute atomic E-state index is 0.0727. The van der Waals surface area contributed by atoms with E-state index < -0.39 is 5.97 Å². The summed E-state index contributed by atoms with van der Waals surface area (Å²) in [7, 11) is 11.2. The van der Waals surface area contributed by atoms with Gasteiger partial charge in [-0.2, -0.15) is 9.97 Å². The van der Waals surface area contributed by atoms with Crippen LogP contribution in [0.5, 0.6) is 29.0 Å². The van der Waals surface area contributed by atoms with E-state index in [0.717, 1.165) is 5.56 Å². The number of nitrogens with one attached hydrogen (secondary N) is 1. The molecule has 3 rings (SSSR count). The Labute approximate surface area is 232 Å². The molecule has 11 nitrogen and oxygen atoms in total. The third kappa shape index (κ3) is 7.12. The van der Waals surface area contributed by atoms with Crippen LogP contribution in [-0.4, -0.2) is 83.6 Å². The van der Waals surface area contributed by atoms with Crippen molar-refractivity contribution in [1.29, 1.82) is 0 Å². The second-order valence-corrected chi connectivity index (χ2v) is 8.87. The third-order valence-electron chi connectivity index (χ3n) is 5.66. The molecule has 1 aromatic heterocycles. The molecule has 0 bridgehead atoms. The highest BCUT2D eigenvalue weighted by atomic mass is 35.5. The van der Waals surface area contributed by atoms with E-state index in [-0.39, 0.29) is 29.6 Å². The number of halogens is 1. The highest BCUT2D eigenvalue weighted by Gasteiger charge is 2.26. The van der Waals surface area contributed by atoms with E-state index in [1.807, 2.05) is 25.1 Å². The Kier molecular flexibility index (Phi) is 10.4. The number of carbonyl (C=O) groups excluding carboxylic acids is 1. The fourth-order valence-corrected chi connectivity index (χ4v) is 3.96.